The van der Waals surface area contributed by atoms with Crippen molar-refractivity contribution in [2.24, 2.45) is 0 Å². The van der Waals surface area contributed by atoms with Crippen molar-refractivity contribution >= 4 is 34.9 Å². The number of aryl methyl sites for hydroxylation is 1. The van der Waals surface area contributed by atoms with E-state index < -0.39 is 5.82 Å². The number of hydrogen-bond donors (Lipinski definition) is 1. The monoisotopic (exact) mass is 320 g/mol. The molecule has 0 aliphatic carbocycles. The minimum atomic E-state index is -0.450. The number of aromatic nitrogens is 2. The lowest BCUT2D eigenvalue weighted by Crippen LogP contribution is -1.95. The first-order chi connectivity index (χ1) is 10.1. The summed E-state index contributed by atoms with van der Waals surface area (Å²) >= 11 is 11.2. The Balaban J connectivity index is 2.17. The van der Waals surface area contributed by atoms with Gasteiger partial charge in [0.15, 0.2) is 4.77 Å². The fourth-order valence-electron chi connectivity index (χ4n) is 2.46. The number of benzene rings is 2. The molecule has 0 bridgehead atoms. The van der Waals surface area contributed by atoms with Gasteiger partial charge in [0.25, 0.3) is 0 Å². The summed E-state index contributed by atoms with van der Waals surface area (Å²) in [4.78, 5) is 3.06. The molecule has 2 nitrogen and oxygen atoms in total. The molecule has 21 heavy (non-hydrogen) atoms. The number of hydrogen-bond acceptors (Lipinski definition) is 1. The van der Waals surface area contributed by atoms with Crippen LogP contribution in [0.25, 0.3) is 16.7 Å². The van der Waals surface area contributed by atoms with Crippen molar-refractivity contribution in [3.63, 3.8) is 0 Å². The lowest BCUT2D eigenvalue weighted by Gasteiger charge is -2.06. The van der Waals surface area contributed by atoms with Crippen LogP contribution < -0.4 is 0 Å². The van der Waals surface area contributed by atoms with E-state index in [0.717, 1.165) is 24.0 Å². The zero-order valence-corrected chi connectivity index (χ0v) is 13.1. The third kappa shape index (κ3) is 2.61. The van der Waals surface area contributed by atoms with Gasteiger partial charge in [-0.05, 0) is 42.4 Å². The Labute approximate surface area is 132 Å². The average Bonchev–Trinajstić information content (AvgIpc) is 2.76. The Morgan fingerprint density at radius 3 is 2.62 bits per heavy atom. The summed E-state index contributed by atoms with van der Waals surface area (Å²) in [5.74, 6) is -0.450. The summed E-state index contributed by atoms with van der Waals surface area (Å²) in [6, 6.07) is 11.1. The van der Waals surface area contributed by atoms with Crippen LogP contribution in [-0.2, 0) is 6.42 Å². The molecule has 0 fully saturated rings. The van der Waals surface area contributed by atoms with Crippen LogP contribution in [0.2, 0.25) is 5.02 Å². The van der Waals surface area contributed by atoms with E-state index in [0.29, 0.717) is 10.3 Å². The second-order valence-corrected chi connectivity index (χ2v) is 5.76. The number of rotatable bonds is 3. The maximum atomic E-state index is 13.7. The van der Waals surface area contributed by atoms with E-state index in [1.807, 2.05) is 16.7 Å². The van der Waals surface area contributed by atoms with Gasteiger partial charge in [0.1, 0.15) is 5.82 Å². The average molecular weight is 321 g/mol. The normalized spacial score (nSPS) is 11.2. The van der Waals surface area contributed by atoms with Crippen LogP contribution in [0.15, 0.2) is 36.4 Å². The van der Waals surface area contributed by atoms with Gasteiger partial charge in [-0.1, -0.05) is 37.1 Å². The molecule has 1 aromatic heterocycles. The fraction of sp³-hybridized carbons (Fsp3) is 0.188. The molecule has 1 heterocycles. The molecule has 0 saturated carbocycles. The van der Waals surface area contributed by atoms with E-state index in [1.165, 1.54) is 11.6 Å². The second kappa shape index (κ2) is 5.62. The number of aromatic amines is 1. The zero-order valence-electron chi connectivity index (χ0n) is 11.5. The molecule has 2 aromatic carbocycles. The Bertz CT molecular complexity index is 849. The smallest absolute Gasteiger partial charge is 0.182 e. The quantitative estimate of drug-likeness (QED) is 0.638. The highest BCUT2D eigenvalue weighted by atomic mass is 35.5. The molecule has 3 aromatic rings. The molecule has 1 N–H and O–H groups in total. The summed E-state index contributed by atoms with van der Waals surface area (Å²) < 4.78 is 16.1. The highest BCUT2D eigenvalue weighted by Crippen LogP contribution is 2.25. The van der Waals surface area contributed by atoms with Crippen molar-refractivity contribution in [1.29, 1.82) is 0 Å². The summed E-state index contributed by atoms with van der Waals surface area (Å²) in [5, 5.41) is 0.0872. The third-order valence-electron chi connectivity index (χ3n) is 3.46. The van der Waals surface area contributed by atoms with E-state index in [-0.39, 0.29) is 5.02 Å². The SMILES string of the molecule is CCCc1ccc(-n2c(=S)[nH]c3cc(Cl)c(F)cc32)cc1. The van der Waals surface area contributed by atoms with Gasteiger partial charge in [-0.25, -0.2) is 4.39 Å². The molecule has 5 heteroatoms. The largest absolute Gasteiger partial charge is 0.330 e. The molecule has 0 aliphatic heterocycles. The molecule has 108 valence electrons. The summed E-state index contributed by atoms with van der Waals surface area (Å²) in [5.41, 5.74) is 3.60. The van der Waals surface area contributed by atoms with Crippen LogP contribution in [0.1, 0.15) is 18.9 Å². The maximum absolute atomic E-state index is 13.7. The van der Waals surface area contributed by atoms with Gasteiger partial charge in [-0.2, -0.15) is 0 Å². The Hall–Kier alpha value is -1.65. The first-order valence-electron chi connectivity index (χ1n) is 6.79. The van der Waals surface area contributed by atoms with Crippen LogP contribution in [0.5, 0.6) is 0 Å². The van der Waals surface area contributed by atoms with Crippen LogP contribution in [0.4, 0.5) is 4.39 Å². The molecule has 0 aliphatic rings. The van der Waals surface area contributed by atoms with Gasteiger partial charge in [0.05, 0.1) is 16.1 Å². The lowest BCUT2D eigenvalue weighted by molar-refractivity contribution is 0.629. The third-order valence-corrected chi connectivity index (χ3v) is 4.03. The number of H-pyrrole nitrogens is 1. The van der Waals surface area contributed by atoms with Crippen molar-refractivity contribution in [2.75, 3.05) is 0 Å². The minimum absolute atomic E-state index is 0.0872. The van der Waals surface area contributed by atoms with E-state index in [9.17, 15) is 4.39 Å². The Kier molecular flexibility index (Phi) is 3.83. The van der Waals surface area contributed by atoms with Gasteiger partial charge in [-0.15, -0.1) is 0 Å². The fourth-order valence-corrected chi connectivity index (χ4v) is 2.94. The topological polar surface area (TPSA) is 20.7 Å². The number of nitrogens with one attached hydrogen (secondary N) is 1. The number of imidazole rings is 1. The predicted octanol–water partition coefficient (Wildman–Crippen LogP) is 5.43. The molecule has 0 saturated heterocycles. The first kappa shape index (κ1) is 14.3. The summed E-state index contributed by atoms with van der Waals surface area (Å²) in [6.07, 6.45) is 2.15. The molecular weight excluding hydrogens is 307 g/mol. The highest BCUT2D eigenvalue weighted by molar-refractivity contribution is 7.71. The zero-order chi connectivity index (χ0) is 15.0. The summed E-state index contributed by atoms with van der Waals surface area (Å²) in [6.45, 7) is 2.15. The minimum Gasteiger partial charge on any atom is -0.330 e. The number of fused-ring (bicyclic) bond motifs is 1. The number of halogens is 2. The van der Waals surface area contributed by atoms with Crippen molar-refractivity contribution in [2.45, 2.75) is 19.8 Å². The molecule has 3 rings (SSSR count). The van der Waals surface area contributed by atoms with E-state index in [1.54, 1.807) is 6.07 Å². The van der Waals surface area contributed by atoms with Crippen LogP contribution in [0.3, 0.4) is 0 Å². The van der Waals surface area contributed by atoms with E-state index >= 15 is 0 Å². The lowest BCUT2D eigenvalue weighted by atomic mass is 10.1. The molecule has 0 spiro atoms. The first-order valence-corrected chi connectivity index (χ1v) is 7.58. The maximum Gasteiger partial charge on any atom is 0.182 e. The van der Waals surface area contributed by atoms with Gasteiger partial charge in [-0.3, -0.25) is 4.57 Å². The Morgan fingerprint density at radius 2 is 1.95 bits per heavy atom. The summed E-state index contributed by atoms with van der Waals surface area (Å²) in [7, 11) is 0. The van der Waals surface area contributed by atoms with Crippen molar-refractivity contribution in [3.8, 4) is 5.69 Å². The standard InChI is InChI=1S/C16H14ClFN2S/c1-2-3-10-4-6-11(7-5-10)20-15-9-13(18)12(17)8-14(15)19-16(20)21/h4-9H,2-3H2,1H3,(H,19,21). The van der Waals surface area contributed by atoms with Crippen molar-refractivity contribution < 1.29 is 4.39 Å². The Morgan fingerprint density at radius 1 is 1.24 bits per heavy atom. The van der Waals surface area contributed by atoms with Gasteiger partial charge >= 0.3 is 0 Å². The molecule has 0 amide bonds. The van der Waals surface area contributed by atoms with Gasteiger partial charge < -0.3 is 4.98 Å². The van der Waals surface area contributed by atoms with Crippen LogP contribution >= 0.6 is 23.8 Å². The highest BCUT2D eigenvalue weighted by Gasteiger charge is 2.10. The van der Waals surface area contributed by atoms with Crippen LogP contribution in [0, 0.1) is 10.6 Å². The van der Waals surface area contributed by atoms with Gasteiger partial charge in [0, 0.05) is 11.8 Å². The number of nitrogens with zero attached hydrogens (tertiary/aromatic N) is 1. The molecular formula is C16H14ClFN2S. The van der Waals surface area contributed by atoms with Crippen LogP contribution in [-0.4, -0.2) is 9.55 Å². The van der Waals surface area contributed by atoms with E-state index in [2.05, 4.69) is 24.0 Å². The predicted molar refractivity (Wildman–Crippen MR) is 87.4 cm³/mol. The second-order valence-electron chi connectivity index (χ2n) is 4.97. The van der Waals surface area contributed by atoms with E-state index in [4.69, 9.17) is 23.8 Å². The molecule has 0 unspecified atom stereocenters. The molecule has 0 atom stereocenters. The van der Waals surface area contributed by atoms with Crippen molar-refractivity contribution in [3.05, 3.63) is 57.6 Å². The van der Waals surface area contributed by atoms with Crippen molar-refractivity contribution in [1.82, 2.24) is 9.55 Å². The molecule has 0 radical (unpaired) electrons. The van der Waals surface area contributed by atoms with Gasteiger partial charge in [0.2, 0.25) is 0 Å².